The third-order valence-corrected chi connectivity index (χ3v) is 9.77. The predicted octanol–water partition coefficient (Wildman–Crippen LogP) is 9.53. The van der Waals surface area contributed by atoms with Crippen molar-refractivity contribution < 1.29 is 22.3 Å². The molecule has 4 rings (SSSR count). The third kappa shape index (κ3) is 6.60. The van der Waals surface area contributed by atoms with Crippen molar-refractivity contribution >= 4 is 35.1 Å². The Labute approximate surface area is 223 Å². The highest BCUT2D eigenvalue weighted by Crippen LogP contribution is 2.46. The Hall–Kier alpha value is -1.67. The molecule has 36 heavy (non-hydrogen) atoms. The van der Waals surface area contributed by atoms with Crippen LogP contribution in [-0.4, -0.2) is 24.7 Å². The molecule has 0 N–H and O–H groups in total. The van der Waals surface area contributed by atoms with Crippen LogP contribution in [0, 0.1) is 29.2 Å². The summed E-state index contributed by atoms with van der Waals surface area (Å²) in [5, 5.41) is -0.640. The lowest BCUT2D eigenvalue weighted by atomic mass is 9.98. The van der Waals surface area contributed by atoms with Crippen LogP contribution >= 0.6 is 35.1 Å². The molecule has 0 amide bonds. The molecule has 8 heteroatoms. The number of unbranched alkanes of at least 4 members (excludes halogenated alkanes) is 1. The summed E-state index contributed by atoms with van der Waals surface area (Å²) in [6, 6.07) is 11.1. The van der Waals surface area contributed by atoms with Gasteiger partial charge in [-0.05, 0) is 71.2 Å². The summed E-state index contributed by atoms with van der Waals surface area (Å²) in [4.78, 5) is 0. The van der Waals surface area contributed by atoms with Crippen LogP contribution in [0.2, 0.25) is 5.02 Å². The summed E-state index contributed by atoms with van der Waals surface area (Å²) in [6.45, 7) is 3.76. The summed E-state index contributed by atoms with van der Waals surface area (Å²) >= 11 is 9.15. The van der Waals surface area contributed by atoms with Crippen molar-refractivity contribution in [3.05, 3.63) is 82.4 Å². The second-order valence-corrected chi connectivity index (χ2v) is 11.8. The van der Waals surface area contributed by atoms with E-state index in [9.17, 15) is 13.2 Å². The van der Waals surface area contributed by atoms with E-state index in [0.29, 0.717) is 11.5 Å². The van der Waals surface area contributed by atoms with Gasteiger partial charge in [-0.3, -0.25) is 0 Å². The van der Waals surface area contributed by atoms with E-state index in [1.807, 2.05) is 29.6 Å². The first-order valence-electron chi connectivity index (χ1n) is 11.9. The monoisotopic (exact) mass is 554 g/mol. The molecule has 1 saturated heterocycles. The Balaban J connectivity index is 1.41. The molecule has 0 unspecified atom stereocenters. The van der Waals surface area contributed by atoms with Gasteiger partial charge in [0.25, 0.3) is 0 Å². The zero-order valence-corrected chi connectivity index (χ0v) is 22.2. The molecular weight excluding hydrogens is 528 g/mol. The van der Waals surface area contributed by atoms with Crippen molar-refractivity contribution in [3.8, 4) is 22.3 Å². The summed E-state index contributed by atoms with van der Waals surface area (Å²) < 4.78 is 63.4. The molecule has 1 aliphatic rings. The van der Waals surface area contributed by atoms with E-state index in [1.165, 1.54) is 24.3 Å². The minimum Gasteiger partial charge on any atom is -0.381 e. The van der Waals surface area contributed by atoms with Crippen molar-refractivity contribution in [3.63, 3.8) is 0 Å². The van der Waals surface area contributed by atoms with Crippen LogP contribution in [0.25, 0.3) is 22.3 Å². The quantitative estimate of drug-likeness (QED) is 0.148. The Morgan fingerprint density at radius 2 is 1.42 bits per heavy atom. The smallest absolute Gasteiger partial charge is 0.145 e. The van der Waals surface area contributed by atoms with Gasteiger partial charge in [0.1, 0.15) is 28.3 Å². The maximum absolute atomic E-state index is 15.1. The van der Waals surface area contributed by atoms with Gasteiger partial charge in [0.2, 0.25) is 0 Å². The summed E-state index contributed by atoms with van der Waals surface area (Å²) in [5.74, 6) is -0.473. The van der Waals surface area contributed by atoms with Gasteiger partial charge in [0.05, 0.1) is 4.58 Å². The van der Waals surface area contributed by atoms with E-state index in [2.05, 4.69) is 6.92 Å². The number of hydrogen-bond donors (Lipinski definition) is 0. The lowest BCUT2D eigenvalue weighted by Gasteiger charge is -2.28. The topological polar surface area (TPSA) is 9.23 Å². The van der Waals surface area contributed by atoms with Crippen molar-refractivity contribution in [2.75, 3.05) is 24.7 Å². The molecule has 0 bridgehead atoms. The van der Waals surface area contributed by atoms with Crippen LogP contribution in [0.1, 0.15) is 36.3 Å². The first-order valence-corrected chi connectivity index (χ1v) is 14.4. The minimum atomic E-state index is -0.971. The van der Waals surface area contributed by atoms with Crippen LogP contribution in [0.5, 0.6) is 0 Å². The molecule has 0 saturated carbocycles. The average Bonchev–Trinajstić information content (AvgIpc) is 2.87. The summed E-state index contributed by atoms with van der Waals surface area (Å²) in [6.07, 6.45) is 3.27. The second-order valence-electron chi connectivity index (χ2n) is 8.81. The molecule has 1 nitrogen and oxygen atoms in total. The van der Waals surface area contributed by atoms with Gasteiger partial charge >= 0.3 is 0 Å². The van der Waals surface area contributed by atoms with Gasteiger partial charge in [0.15, 0.2) is 0 Å². The van der Waals surface area contributed by atoms with Gasteiger partial charge in [0, 0.05) is 24.3 Å². The highest BCUT2D eigenvalue weighted by molar-refractivity contribution is 8.16. The second kappa shape index (κ2) is 12.7. The number of hydrogen-bond acceptors (Lipinski definition) is 3. The zero-order valence-electron chi connectivity index (χ0n) is 19.8. The van der Waals surface area contributed by atoms with Gasteiger partial charge in [-0.2, -0.15) is 0 Å². The average molecular weight is 555 g/mol. The predicted molar refractivity (Wildman–Crippen MR) is 144 cm³/mol. The number of thioether (sulfide) groups is 2. The van der Waals surface area contributed by atoms with Gasteiger partial charge in [-0.15, -0.1) is 23.5 Å². The van der Waals surface area contributed by atoms with Crippen molar-refractivity contribution in [2.45, 2.75) is 30.8 Å². The van der Waals surface area contributed by atoms with Crippen LogP contribution in [0.15, 0.2) is 48.5 Å². The van der Waals surface area contributed by atoms with E-state index >= 15 is 4.39 Å². The largest absolute Gasteiger partial charge is 0.381 e. The Bertz CT molecular complexity index is 1180. The number of halogens is 5. The Morgan fingerprint density at radius 1 is 0.806 bits per heavy atom. The van der Waals surface area contributed by atoms with Crippen LogP contribution in [0.4, 0.5) is 17.6 Å². The summed E-state index contributed by atoms with van der Waals surface area (Å²) in [5.41, 5.74) is 1.54. The molecule has 0 aromatic heterocycles. The van der Waals surface area contributed by atoms with Crippen LogP contribution in [0.3, 0.4) is 0 Å². The van der Waals surface area contributed by atoms with E-state index in [-0.39, 0.29) is 21.3 Å². The molecule has 1 heterocycles. The highest BCUT2D eigenvalue weighted by atomic mass is 35.5. The van der Waals surface area contributed by atoms with Crippen molar-refractivity contribution in [1.29, 1.82) is 0 Å². The number of benzene rings is 3. The molecule has 0 aliphatic carbocycles. The number of rotatable bonds is 9. The summed E-state index contributed by atoms with van der Waals surface area (Å²) in [7, 11) is 0. The van der Waals surface area contributed by atoms with Crippen molar-refractivity contribution in [1.82, 2.24) is 0 Å². The molecule has 192 valence electrons. The maximum atomic E-state index is 15.1. The lowest BCUT2D eigenvalue weighted by Crippen LogP contribution is -2.16. The van der Waals surface area contributed by atoms with E-state index in [0.717, 1.165) is 61.7 Å². The Kier molecular flexibility index (Phi) is 9.67. The van der Waals surface area contributed by atoms with E-state index < -0.39 is 28.3 Å². The molecule has 1 aliphatic heterocycles. The fraction of sp³-hybridized carbons (Fsp3) is 0.357. The van der Waals surface area contributed by atoms with Crippen molar-refractivity contribution in [2.24, 2.45) is 5.92 Å². The standard InChI is InChI=1S/C28H27ClF4OS2/c1-2-3-9-34-10-8-17-15-35-28(36-16-17)19-5-7-21(24(31)12-19)18-4-6-22(23(30)11-18)20-13-25(32)27(29)26(33)14-20/h4-7,11-14,17,28H,2-3,8-10,15-16H2,1H3. The molecule has 0 atom stereocenters. The van der Waals surface area contributed by atoms with Gasteiger partial charge < -0.3 is 4.74 Å². The van der Waals surface area contributed by atoms with E-state index in [1.54, 1.807) is 6.07 Å². The molecule has 0 radical (unpaired) electrons. The molecule has 3 aromatic carbocycles. The fourth-order valence-electron chi connectivity index (χ4n) is 4.04. The molecule has 0 spiro atoms. The van der Waals surface area contributed by atoms with Crippen LogP contribution < -0.4 is 0 Å². The minimum absolute atomic E-state index is 0.00516. The van der Waals surface area contributed by atoms with E-state index in [4.69, 9.17) is 16.3 Å². The SMILES string of the molecule is CCCCOCCC1CSC(c2ccc(-c3ccc(-c4cc(F)c(Cl)c(F)c4)c(F)c3)c(F)c2)SC1. The van der Waals surface area contributed by atoms with Gasteiger partial charge in [-0.1, -0.05) is 49.2 Å². The molecule has 3 aromatic rings. The highest BCUT2D eigenvalue weighted by Gasteiger charge is 2.24. The Morgan fingerprint density at radius 3 is 2.06 bits per heavy atom. The maximum Gasteiger partial charge on any atom is 0.145 e. The lowest BCUT2D eigenvalue weighted by molar-refractivity contribution is 0.121. The normalized spacial score (nSPS) is 17.9. The fourth-order valence-corrected chi connectivity index (χ4v) is 7.30. The first-order chi connectivity index (χ1) is 17.4. The third-order valence-electron chi connectivity index (χ3n) is 6.12. The molecule has 1 fully saturated rings. The zero-order chi connectivity index (χ0) is 25.7. The van der Waals surface area contributed by atoms with Crippen LogP contribution in [-0.2, 0) is 4.74 Å². The number of ether oxygens (including phenoxy) is 1. The van der Waals surface area contributed by atoms with Gasteiger partial charge in [-0.25, -0.2) is 17.6 Å². The first kappa shape index (κ1) is 27.4. The molecular formula is C28H27ClF4OS2.